The summed E-state index contributed by atoms with van der Waals surface area (Å²) in [7, 11) is 13.3. The standard InChI is InChI=1S/C42H90N2O2.2BrH/c1-9-11-13-15-17-19-21-23-25-27-29-31-33-35-37-43(3,4)39-41(45-7)42(46-8)40-44(5,6)38-36-34-32-30-28-26-24-22-20-18-16-14-12-10-2;;/h41-42H,9-40H2,1-8H3;2*1H/q+2;;/p-2/t41-,42+;;. The van der Waals surface area contributed by atoms with Crippen molar-refractivity contribution in [2.75, 3.05) is 68.6 Å². The predicted octanol–water partition coefficient (Wildman–Crippen LogP) is 6.14. The highest BCUT2D eigenvalue weighted by atomic mass is 79.9. The lowest BCUT2D eigenvalue weighted by Crippen LogP contribution is -3.00. The number of nitrogens with zero attached hydrogens (tertiary/aromatic N) is 2. The minimum Gasteiger partial charge on any atom is -1.00 e. The van der Waals surface area contributed by atoms with Gasteiger partial charge in [0.1, 0.15) is 25.3 Å². The molecule has 0 bridgehead atoms. The van der Waals surface area contributed by atoms with Crippen LogP contribution in [0.4, 0.5) is 0 Å². The van der Waals surface area contributed by atoms with E-state index < -0.39 is 0 Å². The van der Waals surface area contributed by atoms with Gasteiger partial charge in [-0.05, 0) is 25.7 Å². The number of halogens is 2. The lowest BCUT2D eigenvalue weighted by molar-refractivity contribution is -0.902. The summed E-state index contributed by atoms with van der Waals surface area (Å²) in [5.74, 6) is 0. The van der Waals surface area contributed by atoms with Crippen LogP contribution in [0, 0.1) is 0 Å². The first-order valence-electron chi connectivity index (χ1n) is 20.9. The molecule has 0 aromatic heterocycles. The molecule has 0 N–H and O–H groups in total. The highest BCUT2D eigenvalue weighted by Gasteiger charge is 2.33. The quantitative estimate of drug-likeness (QED) is 0.0555. The second kappa shape index (κ2) is 37.6. The fourth-order valence-corrected chi connectivity index (χ4v) is 7.31. The van der Waals surface area contributed by atoms with Crippen molar-refractivity contribution in [3.05, 3.63) is 0 Å². The number of unbranched alkanes of at least 4 members (excludes halogenated alkanes) is 26. The summed E-state index contributed by atoms with van der Waals surface area (Å²) in [4.78, 5) is 0. The Hall–Kier alpha value is 0.800. The number of likely N-dealkylation sites (N-methyl/N-ethyl adjacent to an activating group) is 2. The van der Waals surface area contributed by atoms with E-state index in [-0.39, 0.29) is 46.2 Å². The van der Waals surface area contributed by atoms with E-state index in [1.54, 1.807) is 0 Å². The van der Waals surface area contributed by atoms with Gasteiger partial charge in [0.25, 0.3) is 0 Å². The molecule has 4 nitrogen and oxygen atoms in total. The van der Waals surface area contributed by atoms with Gasteiger partial charge in [0, 0.05) is 14.2 Å². The molecule has 2 atom stereocenters. The summed E-state index contributed by atoms with van der Waals surface area (Å²) in [6, 6.07) is 0. The van der Waals surface area contributed by atoms with Crippen molar-refractivity contribution in [1.29, 1.82) is 0 Å². The zero-order chi connectivity index (χ0) is 34.2. The Morgan fingerprint density at radius 1 is 0.333 bits per heavy atom. The monoisotopic (exact) mass is 813 g/mol. The Kier molecular flexibility index (Phi) is 41.6. The van der Waals surface area contributed by atoms with Crippen molar-refractivity contribution < 1.29 is 52.4 Å². The van der Waals surface area contributed by atoms with Crippen LogP contribution in [0.2, 0.25) is 0 Å². The van der Waals surface area contributed by atoms with Gasteiger partial charge in [-0.15, -0.1) is 0 Å². The number of hydrogen-bond donors (Lipinski definition) is 0. The number of rotatable bonds is 37. The molecule has 0 radical (unpaired) electrons. The van der Waals surface area contributed by atoms with Gasteiger partial charge in [-0.3, -0.25) is 0 Å². The third-order valence-corrected chi connectivity index (χ3v) is 10.6. The maximum Gasteiger partial charge on any atom is 0.137 e. The van der Waals surface area contributed by atoms with Crippen LogP contribution in [0.3, 0.4) is 0 Å². The van der Waals surface area contributed by atoms with E-state index in [2.05, 4.69) is 42.0 Å². The first-order valence-corrected chi connectivity index (χ1v) is 20.9. The highest BCUT2D eigenvalue weighted by molar-refractivity contribution is 4.70. The van der Waals surface area contributed by atoms with Crippen molar-refractivity contribution in [2.45, 2.75) is 206 Å². The molecule has 0 aliphatic rings. The van der Waals surface area contributed by atoms with Crippen molar-refractivity contribution in [3.63, 3.8) is 0 Å². The molecule has 48 heavy (non-hydrogen) atoms. The lowest BCUT2D eigenvalue weighted by atomic mass is 10.0. The van der Waals surface area contributed by atoms with E-state index in [4.69, 9.17) is 9.47 Å². The molecule has 294 valence electrons. The van der Waals surface area contributed by atoms with Crippen molar-refractivity contribution >= 4 is 0 Å². The van der Waals surface area contributed by atoms with Crippen LogP contribution in [-0.4, -0.2) is 89.8 Å². The van der Waals surface area contributed by atoms with E-state index in [0.29, 0.717) is 0 Å². The van der Waals surface area contributed by atoms with Gasteiger partial charge in [-0.1, -0.05) is 168 Å². The summed E-state index contributed by atoms with van der Waals surface area (Å²) < 4.78 is 14.2. The maximum absolute atomic E-state index is 6.09. The van der Waals surface area contributed by atoms with Crippen molar-refractivity contribution in [2.24, 2.45) is 0 Å². The van der Waals surface area contributed by atoms with Crippen molar-refractivity contribution in [3.8, 4) is 0 Å². The molecule has 0 saturated carbocycles. The molecule has 0 fully saturated rings. The van der Waals surface area contributed by atoms with Crippen molar-refractivity contribution in [1.82, 2.24) is 0 Å². The topological polar surface area (TPSA) is 18.5 Å². The smallest absolute Gasteiger partial charge is 0.137 e. The third-order valence-electron chi connectivity index (χ3n) is 10.6. The zero-order valence-electron chi connectivity index (χ0n) is 34.2. The third kappa shape index (κ3) is 35.2. The van der Waals surface area contributed by atoms with Crippen LogP contribution >= 0.6 is 0 Å². The summed E-state index contributed by atoms with van der Waals surface area (Å²) in [6.45, 7) is 9.10. The molecule has 0 heterocycles. The van der Waals surface area contributed by atoms with Gasteiger partial charge in [0.2, 0.25) is 0 Å². The molecule has 6 heteroatoms. The molecule has 0 spiro atoms. The Morgan fingerprint density at radius 3 is 0.708 bits per heavy atom. The number of quaternary nitrogens is 2. The van der Waals surface area contributed by atoms with Crippen LogP contribution in [0.5, 0.6) is 0 Å². The normalized spacial score (nSPS) is 13.2. The van der Waals surface area contributed by atoms with Gasteiger partial charge in [-0.2, -0.15) is 0 Å². The molecule has 0 aliphatic heterocycles. The number of ether oxygens (including phenoxy) is 2. The first kappa shape index (κ1) is 53.2. The van der Waals surface area contributed by atoms with E-state index in [9.17, 15) is 0 Å². The summed E-state index contributed by atoms with van der Waals surface area (Å²) in [5.41, 5.74) is 0. The minimum atomic E-state index is 0. The van der Waals surface area contributed by atoms with E-state index in [0.717, 1.165) is 22.1 Å². The summed E-state index contributed by atoms with van der Waals surface area (Å²) in [5, 5.41) is 0. The SMILES string of the molecule is CCCCCCCCCCCCCCCC[N+](C)(C)C[C@H](OC)[C@@H](C[N+](C)(C)CCCCCCCCCCCCCCCC)OC.[Br-].[Br-]. The average molecular weight is 815 g/mol. The van der Waals surface area contributed by atoms with E-state index >= 15 is 0 Å². The molecular formula is C42H90Br2N2O2. The van der Waals surface area contributed by atoms with Gasteiger partial charge in [0.15, 0.2) is 0 Å². The number of methoxy groups -OCH3 is 2. The van der Waals surface area contributed by atoms with E-state index in [1.807, 2.05) is 14.2 Å². The maximum atomic E-state index is 6.09. The summed E-state index contributed by atoms with van der Waals surface area (Å²) in [6.07, 6.45) is 40.1. The average Bonchev–Trinajstić information content (AvgIpc) is 3.03. The first-order chi connectivity index (χ1) is 22.2. The van der Waals surface area contributed by atoms with Crippen LogP contribution in [0.25, 0.3) is 0 Å². The lowest BCUT2D eigenvalue weighted by Gasteiger charge is -2.39. The second-order valence-electron chi connectivity index (χ2n) is 16.4. The van der Waals surface area contributed by atoms with Gasteiger partial charge < -0.3 is 52.4 Å². The van der Waals surface area contributed by atoms with Gasteiger partial charge >= 0.3 is 0 Å². The molecule has 0 aliphatic carbocycles. The Morgan fingerprint density at radius 2 is 0.521 bits per heavy atom. The molecule has 0 saturated heterocycles. The van der Waals surface area contributed by atoms with Gasteiger partial charge in [0.05, 0.1) is 41.3 Å². The molecule has 0 amide bonds. The number of hydrogen-bond acceptors (Lipinski definition) is 2. The second-order valence-corrected chi connectivity index (χ2v) is 16.4. The van der Waals surface area contributed by atoms with Crippen LogP contribution < -0.4 is 34.0 Å². The molecule has 0 aromatic carbocycles. The fourth-order valence-electron chi connectivity index (χ4n) is 7.31. The predicted molar refractivity (Wildman–Crippen MR) is 206 cm³/mol. The molecule has 0 aromatic rings. The van der Waals surface area contributed by atoms with Gasteiger partial charge in [-0.25, -0.2) is 0 Å². The Labute approximate surface area is 325 Å². The summed E-state index contributed by atoms with van der Waals surface area (Å²) >= 11 is 0. The zero-order valence-corrected chi connectivity index (χ0v) is 37.4. The van der Waals surface area contributed by atoms with Crippen LogP contribution in [0.1, 0.15) is 194 Å². The molecule has 0 rings (SSSR count). The van der Waals surface area contributed by atoms with Crippen LogP contribution in [0.15, 0.2) is 0 Å². The Bertz CT molecular complexity index is 568. The van der Waals surface area contributed by atoms with E-state index in [1.165, 1.54) is 193 Å². The highest BCUT2D eigenvalue weighted by Crippen LogP contribution is 2.18. The fraction of sp³-hybridized carbons (Fsp3) is 1.00. The largest absolute Gasteiger partial charge is 1.00 e. The minimum absolute atomic E-state index is 0. The molecular weight excluding hydrogens is 724 g/mol. The van der Waals surface area contributed by atoms with Crippen LogP contribution in [-0.2, 0) is 9.47 Å². The molecule has 0 unspecified atom stereocenters. The Balaban J connectivity index is -0.0000101.